The standard InChI is InChI=1S/C25H32O5/c1-6-11-29-16-21-20(13-18-7-9-23(27-4)24(14-18)28-5)15-30-25(21)19-8-10-22(26-3)17(2)12-19/h6-10,12,14,20-21,25H,1,11,13,15-16H2,2-5H3/t20-,21-,25+/m0/s1. The summed E-state index contributed by atoms with van der Waals surface area (Å²) in [5.41, 5.74) is 3.46. The van der Waals surface area contributed by atoms with Crippen LogP contribution in [0, 0.1) is 18.8 Å². The van der Waals surface area contributed by atoms with Gasteiger partial charge in [-0.25, -0.2) is 0 Å². The molecule has 0 unspecified atom stereocenters. The summed E-state index contributed by atoms with van der Waals surface area (Å²) in [5.74, 6) is 2.95. The molecule has 0 aliphatic carbocycles. The monoisotopic (exact) mass is 412 g/mol. The summed E-state index contributed by atoms with van der Waals surface area (Å²) in [6, 6.07) is 12.4. The van der Waals surface area contributed by atoms with Gasteiger partial charge in [0.25, 0.3) is 0 Å². The van der Waals surface area contributed by atoms with E-state index in [2.05, 4.69) is 31.7 Å². The summed E-state index contributed by atoms with van der Waals surface area (Å²) >= 11 is 0. The molecule has 5 heteroatoms. The van der Waals surface area contributed by atoms with Crippen LogP contribution in [0.15, 0.2) is 49.1 Å². The van der Waals surface area contributed by atoms with Crippen LogP contribution in [0.1, 0.15) is 22.8 Å². The van der Waals surface area contributed by atoms with Crippen LogP contribution in [0.4, 0.5) is 0 Å². The highest BCUT2D eigenvalue weighted by molar-refractivity contribution is 5.43. The van der Waals surface area contributed by atoms with E-state index in [-0.39, 0.29) is 12.0 Å². The van der Waals surface area contributed by atoms with E-state index in [9.17, 15) is 0 Å². The average molecular weight is 413 g/mol. The topological polar surface area (TPSA) is 46.2 Å². The van der Waals surface area contributed by atoms with E-state index < -0.39 is 0 Å². The molecule has 0 radical (unpaired) electrons. The van der Waals surface area contributed by atoms with Crippen molar-refractivity contribution in [2.75, 3.05) is 41.2 Å². The van der Waals surface area contributed by atoms with Crippen LogP contribution in [0.5, 0.6) is 17.2 Å². The van der Waals surface area contributed by atoms with Gasteiger partial charge in [-0.1, -0.05) is 18.2 Å². The minimum atomic E-state index is -0.00966. The van der Waals surface area contributed by atoms with Gasteiger partial charge in [-0.15, -0.1) is 6.58 Å². The maximum absolute atomic E-state index is 6.29. The second-order valence-electron chi connectivity index (χ2n) is 7.63. The Morgan fingerprint density at radius 2 is 1.73 bits per heavy atom. The average Bonchev–Trinajstić information content (AvgIpc) is 3.16. The lowest BCUT2D eigenvalue weighted by Crippen LogP contribution is -2.23. The molecule has 1 aliphatic heterocycles. The van der Waals surface area contributed by atoms with Crippen LogP contribution >= 0.6 is 0 Å². The van der Waals surface area contributed by atoms with Gasteiger partial charge < -0.3 is 23.7 Å². The van der Waals surface area contributed by atoms with Crippen LogP contribution in [0.25, 0.3) is 0 Å². The number of hydrogen-bond donors (Lipinski definition) is 0. The van der Waals surface area contributed by atoms with Crippen LogP contribution in [0.3, 0.4) is 0 Å². The van der Waals surface area contributed by atoms with Gasteiger partial charge in [-0.2, -0.15) is 0 Å². The van der Waals surface area contributed by atoms with Gasteiger partial charge >= 0.3 is 0 Å². The minimum Gasteiger partial charge on any atom is -0.496 e. The van der Waals surface area contributed by atoms with Crippen molar-refractivity contribution in [1.82, 2.24) is 0 Å². The maximum atomic E-state index is 6.29. The number of methoxy groups -OCH3 is 3. The molecule has 3 atom stereocenters. The van der Waals surface area contributed by atoms with Crippen molar-refractivity contribution in [3.8, 4) is 17.2 Å². The van der Waals surface area contributed by atoms with Gasteiger partial charge in [0.1, 0.15) is 5.75 Å². The Bertz CT molecular complexity index is 847. The normalized spacial score (nSPS) is 20.7. The first-order valence-corrected chi connectivity index (χ1v) is 10.3. The SMILES string of the molecule is C=CCOC[C@H]1[C@@H](Cc2ccc(OC)c(OC)c2)CO[C@@H]1c1ccc(OC)c(C)c1. The molecule has 162 valence electrons. The molecule has 1 aliphatic rings. The van der Waals surface area contributed by atoms with Crippen molar-refractivity contribution in [3.63, 3.8) is 0 Å². The molecule has 2 aromatic rings. The molecule has 0 amide bonds. The summed E-state index contributed by atoms with van der Waals surface area (Å²) in [4.78, 5) is 0. The van der Waals surface area contributed by atoms with E-state index >= 15 is 0 Å². The first-order valence-electron chi connectivity index (χ1n) is 10.3. The number of ether oxygens (including phenoxy) is 5. The Hall–Kier alpha value is -2.50. The van der Waals surface area contributed by atoms with Gasteiger partial charge in [0.2, 0.25) is 0 Å². The zero-order valence-corrected chi connectivity index (χ0v) is 18.4. The second-order valence-corrected chi connectivity index (χ2v) is 7.63. The number of aryl methyl sites for hydroxylation is 1. The van der Waals surface area contributed by atoms with Crippen molar-refractivity contribution in [1.29, 1.82) is 0 Å². The first kappa shape index (κ1) is 22.2. The van der Waals surface area contributed by atoms with Gasteiger partial charge in [-0.3, -0.25) is 0 Å². The molecule has 1 heterocycles. The Balaban J connectivity index is 1.81. The number of rotatable bonds is 10. The Morgan fingerprint density at radius 3 is 2.40 bits per heavy atom. The van der Waals surface area contributed by atoms with E-state index in [1.54, 1.807) is 27.4 Å². The smallest absolute Gasteiger partial charge is 0.160 e. The Labute approximate surface area is 179 Å². The van der Waals surface area contributed by atoms with Crippen LogP contribution in [0.2, 0.25) is 0 Å². The summed E-state index contributed by atoms with van der Waals surface area (Å²) < 4.78 is 28.4. The molecule has 0 saturated carbocycles. The third-order valence-electron chi connectivity index (χ3n) is 5.72. The van der Waals surface area contributed by atoms with Gasteiger partial charge in [0.15, 0.2) is 11.5 Å². The molecular formula is C25H32O5. The van der Waals surface area contributed by atoms with E-state index in [1.807, 2.05) is 18.2 Å². The zero-order valence-electron chi connectivity index (χ0n) is 18.4. The Morgan fingerprint density at radius 1 is 1.00 bits per heavy atom. The van der Waals surface area contributed by atoms with Crippen LogP contribution < -0.4 is 14.2 Å². The first-order chi connectivity index (χ1) is 14.6. The molecular weight excluding hydrogens is 380 g/mol. The van der Waals surface area contributed by atoms with Gasteiger partial charge in [0, 0.05) is 5.92 Å². The highest BCUT2D eigenvalue weighted by atomic mass is 16.5. The molecule has 5 nitrogen and oxygen atoms in total. The third kappa shape index (κ3) is 4.97. The van der Waals surface area contributed by atoms with Crippen LogP contribution in [-0.2, 0) is 15.9 Å². The number of hydrogen-bond acceptors (Lipinski definition) is 5. The Kier molecular flexibility index (Phi) is 7.77. The largest absolute Gasteiger partial charge is 0.496 e. The predicted octanol–water partition coefficient (Wildman–Crippen LogP) is 4.77. The summed E-state index contributed by atoms with van der Waals surface area (Å²) in [6.45, 7) is 7.66. The quantitative estimate of drug-likeness (QED) is 0.416. The molecule has 1 fully saturated rings. The minimum absolute atomic E-state index is 0.00966. The fraction of sp³-hybridized carbons (Fsp3) is 0.440. The lowest BCUT2D eigenvalue weighted by molar-refractivity contribution is 0.0491. The number of benzene rings is 2. The van der Waals surface area contributed by atoms with Gasteiger partial charge in [-0.05, 0) is 60.2 Å². The second kappa shape index (κ2) is 10.5. The van der Waals surface area contributed by atoms with Crippen molar-refractivity contribution in [2.45, 2.75) is 19.4 Å². The van der Waals surface area contributed by atoms with Crippen molar-refractivity contribution >= 4 is 0 Å². The highest BCUT2D eigenvalue weighted by Crippen LogP contribution is 2.42. The van der Waals surface area contributed by atoms with Crippen molar-refractivity contribution in [3.05, 3.63) is 65.7 Å². The maximum Gasteiger partial charge on any atom is 0.160 e. The summed E-state index contributed by atoms with van der Waals surface area (Å²) in [6.07, 6.45) is 2.66. The molecule has 0 bridgehead atoms. The van der Waals surface area contributed by atoms with Crippen molar-refractivity contribution in [2.24, 2.45) is 11.8 Å². The van der Waals surface area contributed by atoms with E-state index in [0.717, 1.165) is 34.8 Å². The van der Waals surface area contributed by atoms with Crippen LogP contribution in [-0.4, -0.2) is 41.2 Å². The predicted molar refractivity (Wildman–Crippen MR) is 118 cm³/mol. The zero-order chi connectivity index (χ0) is 21.5. The molecule has 0 aromatic heterocycles. The van der Waals surface area contributed by atoms with E-state index in [0.29, 0.717) is 25.7 Å². The summed E-state index contributed by atoms with van der Waals surface area (Å²) in [5, 5.41) is 0. The molecule has 3 rings (SSSR count). The fourth-order valence-electron chi connectivity index (χ4n) is 4.18. The highest BCUT2D eigenvalue weighted by Gasteiger charge is 2.38. The third-order valence-corrected chi connectivity index (χ3v) is 5.72. The molecule has 1 saturated heterocycles. The molecule has 2 aromatic carbocycles. The summed E-state index contributed by atoms with van der Waals surface area (Å²) in [7, 11) is 5.00. The lowest BCUT2D eigenvalue weighted by atomic mass is 9.84. The molecule has 0 N–H and O–H groups in total. The van der Waals surface area contributed by atoms with Gasteiger partial charge in [0.05, 0.1) is 47.3 Å². The van der Waals surface area contributed by atoms with E-state index in [4.69, 9.17) is 23.7 Å². The lowest BCUT2D eigenvalue weighted by Gasteiger charge is -2.24. The molecule has 0 spiro atoms. The fourth-order valence-corrected chi connectivity index (χ4v) is 4.18. The van der Waals surface area contributed by atoms with E-state index in [1.165, 1.54) is 5.56 Å². The van der Waals surface area contributed by atoms with Crippen molar-refractivity contribution < 1.29 is 23.7 Å². The molecule has 30 heavy (non-hydrogen) atoms.